The standard InChI is InChI=1S/C14H17N3O3/c1-8-3-4-9(2)11(7-8)15-12(18)6-5-10-13(19)17-14(20)16-10/h3-4,7,10H,5-6H2,1-2H3,(H,15,18)(H2,16,17,19,20)/t10-/m1/s1. The Balaban J connectivity index is 1.88. The smallest absolute Gasteiger partial charge is 0.322 e. The highest BCUT2D eigenvalue weighted by Crippen LogP contribution is 2.17. The number of hydrogen-bond donors (Lipinski definition) is 3. The van der Waals surface area contributed by atoms with E-state index in [1.807, 2.05) is 32.0 Å². The zero-order chi connectivity index (χ0) is 14.7. The minimum absolute atomic E-state index is 0.172. The third kappa shape index (κ3) is 3.34. The Labute approximate surface area is 116 Å². The summed E-state index contributed by atoms with van der Waals surface area (Å²) in [4.78, 5) is 34.1. The van der Waals surface area contributed by atoms with Crippen LogP contribution in [0.25, 0.3) is 0 Å². The molecule has 0 bridgehead atoms. The summed E-state index contributed by atoms with van der Waals surface area (Å²) < 4.78 is 0. The van der Waals surface area contributed by atoms with Gasteiger partial charge in [0.15, 0.2) is 0 Å². The quantitative estimate of drug-likeness (QED) is 0.722. The molecule has 0 spiro atoms. The second kappa shape index (κ2) is 5.73. The largest absolute Gasteiger partial charge is 0.326 e. The van der Waals surface area contributed by atoms with Gasteiger partial charge in [0.05, 0.1) is 0 Å². The van der Waals surface area contributed by atoms with Crippen molar-refractivity contribution in [3.8, 4) is 0 Å². The summed E-state index contributed by atoms with van der Waals surface area (Å²) in [5, 5.41) is 7.42. The van der Waals surface area contributed by atoms with Crippen molar-refractivity contribution in [1.82, 2.24) is 10.6 Å². The molecule has 106 valence electrons. The molecule has 1 aromatic rings. The van der Waals surface area contributed by atoms with E-state index in [1.165, 1.54) is 0 Å². The topological polar surface area (TPSA) is 87.3 Å². The third-order valence-electron chi connectivity index (χ3n) is 3.19. The number of aryl methyl sites for hydroxylation is 2. The molecule has 6 nitrogen and oxygen atoms in total. The number of carbonyl (C=O) groups is 3. The van der Waals surface area contributed by atoms with Crippen molar-refractivity contribution in [2.75, 3.05) is 5.32 Å². The zero-order valence-electron chi connectivity index (χ0n) is 11.4. The van der Waals surface area contributed by atoms with Crippen LogP contribution in [-0.2, 0) is 9.59 Å². The van der Waals surface area contributed by atoms with Crippen molar-refractivity contribution >= 4 is 23.5 Å². The molecule has 1 aliphatic rings. The Morgan fingerprint density at radius 2 is 2.05 bits per heavy atom. The average Bonchev–Trinajstić information content (AvgIpc) is 2.70. The lowest BCUT2D eigenvalue weighted by molar-refractivity contribution is -0.120. The van der Waals surface area contributed by atoms with Crippen LogP contribution in [0.1, 0.15) is 24.0 Å². The Morgan fingerprint density at radius 1 is 1.30 bits per heavy atom. The Kier molecular flexibility index (Phi) is 4.02. The number of hydrogen-bond acceptors (Lipinski definition) is 3. The van der Waals surface area contributed by atoms with Gasteiger partial charge in [0.2, 0.25) is 5.91 Å². The van der Waals surface area contributed by atoms with Crippen molar-refractivity contribution in [2.45, 2.75) is 32.7 Å². The van der Waals surface area contributed by atoms with E-state index in [4.69, 9.17) is 0 Å². The number of benzene rings is 1. The molecule has 0 unspecified atom stereocenters. The number of nitrogens with one attached hydrogen (secondary N) is 3. The molecule has 0 radical (unpaired) electrons. The summed E-state index contributed by atoms with van der Waals surface area (Å²) in [5.74, 6) is -0.554. The Bertz CT molecular complexity index is 569. The van der Waals surface area contributed by atoms with E-state index >= 15 is 0 Å². The first-order valence-electron chi connectivity index (χ1n) is 6.44. The molecule has 0 saturated carbocycles. The highest BCUT2D eigenvalue weighted by molar-refractivity contribution is 6.04. The van der Waals surface area contributed by atoms with Crippen LogP contribution in [0, 0.1) is 13.8 Å². The molecule has 20 heavy (non-hydrogen) atoms. The highest BCUT2D eigenvalue weighted by Gasteiger charge is 2.29. The Hall–Kier alpha value is -2.37. The molecular weight excluding hydrogens is 258 g/mol. The van der Waals surface area contributed by atoms with Gasteiger partial charge in [-0.1, -0.05) is 12.1 Å². The van der Waals surface area contributed by atoms with Crippen LogP contribution in [0.2, 0.25) is 0 Å². The maximum atomic E-state index is 11.9. The second-order valence-corrected chi connectivity index (χ2v) is 4.92. The predicted molar refractivity (Wildman–Crippen MR) is 74.2 cm³/mol. The summed E-state index contributed by atoms with van der Waals surface area (Å²) >= 11 is 0. The number of urea groups is 1. The number of carbonyl (C=O) groups excluding carboxylic acids is 3. The maximum Gasteiger partial charge on any atom is 0.322 e. The maximum absolute atomic E-state index is 11.9. The third-order valence-corrected chi connectivity index (χ3v) is 3.19. The molecule has 3 N–H and O–H groups in total. The van der Waals surface area contributed by atoms with E-state index in [0.717, 1.165) is 16.8 Å². The number of rotatable bonds is 4. The van der Waals surface area contributed by atoms with Crippen LogP contribution in [0.5, 0.6) is 0 Å². The SMILES string of the molecule is Cc1ccc(C)c(NC(=O)CC[C@H]2NC(=O)NC2=O)c1. The van der Waals surface area contributed by atoms with Gasteiger partial charge in [-0.3, -0.25) is 14.9 Å². The van der Waals surface area contributed by atoms with Gasteiger partial charge in [0.25, 0.3) is 5.91 Å². The first-order chi connectivity index (χ1) is 9.45. The molecule has 1 aliphatic heterocycles. The average molecular weight is 275 g/mol. The highest BCUT2D eigenvalue weighted by atomic mass is 16.2. The van der Waals surface area contributed by atoms with E-state index < -0.39 is 12.1 Å². The number of anilines is 1. The van der Waals surface area contributed by atoms with Gasteiger partial charge in [-0.05, 0) is 37.5 Å². The van der Waals surface area contributed by atoms with Crippen LogP contribution >= 0.6 is 0 Å². The van der Waals surface area contributed by atoms with Crippen molar-refractivity contribution in [1.29, 1.82) is 0 Å². The summed E-state index contributed by atoms with van der Waals surface area (Å²) in [5.41, 5.74) is 2.82. The van der Waals surface area contributed by atoms with Gasteiger partial charge in [0.1, 0.15) is 6.04 Å². The summed E-state index contributed by atoms with van der Waals surface area (Å²) in [6.07, 6.45) is 0.458. The lowest BCUT2D eigenvalue weighted by Crippen LogP contribution is -2.30. The van der Waals surface area contributed by atoms with Gasteiger partial charge < -0.3 is 10.6 Å². The molecule has 6 heteroatoms. The minimum Gasteiger partial charge on any atom is -0.326 e. The van der Waals surface area contributed by atoms with Crippen LogP contribution in [0.4, 0.5) is 10.5 Å². The summed E-state index contributed by atoms with van der Waals surface area (Å²) in [6.45, 7) is 3.87. The van der Waals surface area contributed by atoms with E-state index in [2.05, 4.69) is 16.0 Å². The van der Waals surface area contributed by atoms with Gasteiger partial charge >= 0.3 is 6.03 Å². The van der Waals surface area contributed by atoms with Crippen LogP contribution in [-0.4, -0.2) is 23.9 Å². The first kappa shape index (κ1) is 14.0. The van der Waals surface area contributed by atoms with Gasteiger partial charge in [-0.15, -0.1) is 0 Å². The molecule has 4 amide bonds. The lowest BCUT2D eigenvalue weighted by atomic mass is 10.1. The molecule has 0 aromatic heterocycles. The zero-order valence-corrected chi connectivity index (χ0v) is 11.4. The van der Waals surface area contributed by atoms with E-state index in [-0.39, 0.29) is 24.7 Å². The van der Waals surface area contributed by atoms with Crippen molar-refractivity contribution in [2.24, 2.45) is 0 Å². The fourth-order valence-electron chi connectivity index (χ4n) is 2.02. The molecule has 1 fully saturated rings. The number of imide groups is 1. The summed E-state index contributed by atoms with van der Waals surface area (Å²) in [6, 6.07) is 4.69. The molecule has 1 saturated heterocycles. The molecule has 2 rings (SSSR count). The summed E-state index contributed by atoms with van der Waals surface area (Å²) in [7, 11) is 0. The molecule has 1 aromatic carbocycles. The van der Waals surface area contributed by atoms with Gasteiger partial charge in [0, 0.05) is 12.1 Å². The molecule has 1 atom stereocenters. The fraction of sp³-hybridized carbons (Fsp3) is 0.357. The van der Waals surface area contributed by atoms with Crippen molar-refractivity contribution in [3.63, 3.8) is 0 Å². The van der Waals surface area contributed by atoms with E-state index in [1.54, 1.807) is 0 Å². The number of amides is 4. The van der Waals surface area contributed by atoms with Gasteiger partial charge in [-0.2, -0.15) is 0 Å². The van der Waals surface area contributed by atoms with Gasteiger partial charge in [-0.25, -0.2) is 4.79 Å². The van der Waals surface area contributed by atoms with E-state index in [0.29, 0.717) is 0 Å². The van der Waals surface area contributed by atoms with Crippen LogP contribution < -0.4 is 16.0 Å². The normalized spacial score (nSPS) is 17.6. The molecule has 0 aliphatic carbocycles. The monoisotopic (exact) mass is 275 g/mol. The first-order valence-corrected chi connectivity index (χ1v) is 6.44. The second-order valence-electron chi connectivity index (χ2n) is 4.92. The molecule has 1 heterocycles. The van der Waals surface area contributed by atoms with Crippen LogP contribution in [0.3, 0.4) is 0 Å². The predicted octanol–water partition coefficient (Wildman–Crippen LogP) is 1.23. The van der Waals surface area contributed by atoms with Crippen LogP contribution in [0.15, 0.2) is 18.2 Å². The minimum atomic E-state index is -0.619. The fourth-order valence-corrected chi connectivity index (χ4v) is 2.02. The Morgan fingerprint density at radius 3 is 2.70 bits per heavy atom. The lowest BCUT2D eigenvalue weighted by Gasteiger charge is -2.10. The molecular formula is C14H17N3O3. The van der Waals surface area contributed by atoms with Crippen molar-refractivity contribution < 1.29 is 14.4 Å². The van der Waals surface area contributed by atoms with E-state index in [9.17, 15) is 14.4 Å². The van der Waals surface area contributed by atoms with Crippen molar-refractivity contribution in [3.05, 3.63) is 29.3 Å².